The van der Waals surface area contributed by atoms with Gasteiger partial charge in [-0.3, -0.25) is 9.89 Å². The molecule has 2 N–H and O–H groups in total. The van der Waals surface area contributed by atoms with Gasteiger partial charge in [-0.25, -0.2) is 0 Å². The summed E-state index contributed by atoms with van der Waals surface area (Å²) in [6, 6.07) is 5.90. The summed E-state index contributed by atoms with van der Waals surface area (Å²) in [5, 5.41) is 9.98. The highest BCUT2D eigenvalue weighted by Gasteiger charge is 2.30. The van der Waals surface area contributed by atoms with Gasteiger partial charge in [0.2, 0.25) is 5.91 Å². The minimum atomic E-state index is -0.0378. The molecule has 1 aliphatic heterocycles. The van der Waals surface area contributed by atoms with E-state index in [1.54, 1.807) is 18.9 Å². The van der Waals surface area contributed by atoms with Crippen molar-refractivity contribution in [2.45, 2.75) is 12.2 Å². The number of amides is 1. The van der Waals surface area contributed by atoms with Crippen LogP contribution in [-0.4, -0.2) is 29.0 Å². The molecule has 0 bridgehead atoms. The fourth-order valence-electron chi connectivity index (χ4n) is 2.42. The minimum Gasteiger partial charge on any atom is -0.496 e. The molecule has 1 aliphatic rings. The second-order valence-corrected chi connectivity index (χ2v) is 6.75. The van der Waals surface area contributed by atoms with Crippen LogP contribution in [0, 0.1) is 6.92 Å². The maximum atomic E-state index is 11.8. The van der Waals surface area contributed by atoms with Crippen molar-refractivity contribution in [3.05, 3.63) is 39.5 Å². The Morgan fingerprint density at radius 2 is 2.29 bits per heavy atom. The second-order valence-electron chi connectivity index (χ2n) is 4.74. The predicted molar refractivity (Wildman–Crippen MR) is 86.9 cm³/mol. The van der Waals surface area contributed by atoms with Crippen LogP contribution in [0.2, 0.25) is 0 Å². The third-order valence-corrected chi connectivity index (χ3v) is 5.11. The number of H-pyrrole nitrogens is 1. The molecular weight excluding hydrogens is 354 g/mol. The van der Waals surface area contributed by atoms with E-state index in [9.17, 15) is 4.79 Å². The number of methoxy groups -OCH3 is 1. The standard InChI is InChI=1S/C14H14BrN3O2S/c1-7-12-13(9-5-8(15)3-4-10(9)20-2)21-6-11(19)16-14(12)18-17-7/h3-5,13H,6H2,1-2H3,(H2,16,17,18,19)/t13-/m1/s1. The van der Waals surface area contributed by atoms with Gasteiger partial charge in [0.1, 0.15) is 5.75 Å². The average molecular weight is 368 g/mol. The molecule has 7 heteroatoms. The Kier molecular flexibility index (Phi) is 3.95. The maximum Gasteiger partial charge on any atom is 0.235 e. The Morgan fingerprint density at radius 1 is 1.48 bits per heavy atom. The van der Waals surface area contributed by atoms with Crippen molar-refractivity contribution in [3.63, 3.8) is 0 Å². The first-order valence-electron chi connectivity index (χ1n) is 6.40. The van der Waals surface area contributed by atoms with E-state index in [0.717, 1.165) is 27.0 Å². The van der Waals surface area contributed by atoms with Gasteiger partial charge in [0.05, 0.1) is 18.1 Å². The number of benzene rings is 1. The molecule has 2 aromatic rings. The molecule has 0 saturated heterocycles. The lowest BCUT2D eigenvalue weighted by Crippen LogP contribution is -2.12. The van der Waals surface area contributed by atoms with Gasteiger partial charge in [-0.1, -0.05) is 15.9 Å². The van der Waals surface area contributed by atoms with Crippen molar-refractivity contribution in [1.29, 1.82) is 0 Å². The van der Waals surface area contributed by atoms with E-state index in [1.165, 1.54) is 0 Å². The largest absolute Gasteiger partial charge is 0.496 e. The van der Waals surface area contributed by atoms with Crippen LogP contribution < -0.4 is 10.1 Å². The zero-order valence-corrected chi connectivity index (χ0v) is 14.0. The molecule has 0 spiro atoms. The fourth-order valence-corrected chi connectivity index (χ4v) is 4.01. The number of thioether (sulfide) groups is 1. The summed E-state index contributed by atoms with van der Waals surface area (Å²) >= 11 is 5.07. The zero-order chi connectivity index (χ0) is 15.0. The Morgan fingerprint density at radius 3 is 3.05 bits per heavy atom. The molecule has 1 atom stereocenters. The molecule has 1 aromatic heterocycles. The van der Waals surface area contributed by atoms with Crippen LogP contribution in [0.1, 0.15) is 22.1 Å². The summed E-state index contributed by atoms with van der Waals surface area (Å²) in [4.78, 5) is 11.8. The number of hydrogen-bond donors (Lipinski definition) is 2. The number of fused-ring (bicyclic) bond motifs is 1. The molecule has 21 heavy (non-hydrogen) atoms. The topological polar surface area (TPSA) is 67.0 Å². The molecule has 2 heterocycles. The molecule has 1 aromatic carbocycles. The van der Waals surface area contributed by atoms with Crippen LogP contribution in [0.25, 0.3) is 0 Å². The lowest BCUT2D eigenvalue weighted by Gasteiger charge is -2.18. The number of nitrogens with zero attached hydrogens (tertiary/aromatic N) is 1. The van der Waals surface area contributed by atoms with Gasteiger partial charge in [-0.2, -0.15) is 5.10 Å². The van der Waals surface area contributed by atoms with E-state index in [0.29, 0.717) is 11.6 Å². The van der Waals surface area contributed by atoms with Gasteiger partial charge >= 0.3 is 0 Å². The predicted octanol–water partition coefficient (Wildman–Crippen LogP) is 3.26. The second kappa shape index (κ2) is 5.73. The molecule has 110 valence electrons. The zero-order valence-electron chi connectivity index (χ0n) is 11.6. The van der Waals surface area contributed by atoms with Crippen LogP contribution >= 0.6 is 27.7 Å². The van der Waals surface area contributed by atoms with E-state index in [4.69, 9.17) is 4.74 Å². The van der Waals surface area contributed by atoms with E-state index in [-0.39, 0.29) is 11.2 Å². The Labute approximate surface area is 135 Å². The highest BCUT2D eigenvalue weighted by atomic mass is 79.9. The van der Waals surface area contributed by atoms with E-state index >= 15 is 0 Å². The monoisotopic (exact) mass is 367 g/mol. The van der Waals surface area contributed by atoms with Gasteiger partial charge in [-0.15, -0.1) is 11.8 Å². The number of carbonyl (C=O) groups excluding carboxylic acids is 1. The Bertz CT molecular complexity index is 702. The van der Waals surface area contributed by atoms with Crippen molar-refractivity contribution in [2.75, 3.05) is 18.2 Å². The molecule has 1 amide bonds. The number of aromatic nitrogens is 2. The van der Waals surface area contributed by atoms with Gasteiger partial charge in [0.25, 0.3) is 0 Å². The average Bonchev–Trinajstić information content (AvgIpc) is 2.72. The first-order valence-corrected chi connectivity index (χ1v) is 8.24. The number of hydrogen-bond acceptors (Lipinski definition) is 4. The van der Waals surface area contributed by atoms with Crippen molar-refractivity contribution in [2.24, 2.45) is 0 Å². The number of aryl methyl sites for hydroxylation is 1. The number of ether oxygens (including phenoxy) is 1. The van der Waals surface area contributed by atoms with Crippen molar-refractivity contribution in [3.8, 4) is 5.75 Å². The minimum absolute atomic E-state index is 0.00912. The van der Waals surface area contributed by atoms with Crippen LogP contribution in [0.4, 0.5) is 5.82 Å². The molecular formula is C14H14BrN3O2S. The molecule has 3 rings (SSSR count). The summed E-state index contributed by atoms with van der Waals surface area (Å²) in [7, 11) is 1.65. The van der Waals surface area contributed by atoms with Crippen molar-refractivity contribution in [1.82, 2.24) is 10.2 Å². The summed E-state index contributed by atoms with van der Waals surface area (Å²) in [5.41, 5.74) is 2.98. The lowest BCUT2D eigenvalue weighted by molar-refractivity contribution is -0.113. The molecule has 0 unspecified atom stereocenters. The van der Waals surface area contributed by atoms with Crippen LogP contribution in [0.15, 0.2) is 22.7 Å². The summed E-state index contributed by atoms with van der Waals surface area (Å²) in [6.45, 7) is 1.96. The van der Waals surface area contributed by atoms with Crippen LogP contribution in [0.3, 0.4) is 0 Å². The quantitative estimate of drug-likeness (QED) is 0.854. The SMILES string of the molecule is COc1ccc(Br)cc1[C@H]1SCC(=O)Nc2n[nH]c(C)c21. The first-order chi connectivity index (χ1) is 10.1. The molecule has 0 saturated carbocycles. The van der Waals surface area contributed by atoms with Crippen LogP contribution in [0.5, 0.6) is 5.75 Å². The molecule has 0 aliphatic carbocycles. The molecule has 0 radical (unpaired) electrons. The Hall–Kier alpha value is -1.47. The number of halogens is 1. The summed E-state index contributed by atoms with van der Waals surface area (Å²) in [6.07, 6.45) is 0. The summed E-state index contributed by atoms with van der Waals surface area (Å²) < 4.78 is 6.46. The van der Waals surface area contributed by atoms with Gasteiger partial charge in [0.15, 0.2) is 5.82 Å². The van der Waals surface area contributed by atoms with E-state index < -0.39 is 0 Å². The van der Waals surface area contributed by atoms with Crippen molar-refractivity contribution >= 4 is 39.4 Å². The number of rotatable bonds is 2. The Balaban J connectivity index is 2.16. The lowest BCUT2D eigenvalue weighted by atomic mass is 10.0. The van der Waals surface area contributed by atoms with Crippen LogP contribution in [-0.2, 0) is 4.79 Å². The number of nitrogens with one attached hydrogen (secondary N) is 2. The third-order valence-electron chi connectivity index (χ3n) is 3.37. The smallest absolute Gasteiger partial charge is 0.235 e. The first kappa shape index (κ1) is 14.5. The van der Waals surface area contributed by atoms with E-state index in [2.05, 4.69) is 31.4 Å². The highest BCUT2D eigenvalue weighted by Crippen LogP contribution is 2.45. The number of carbonyl (C=O) groups is 1. The maximum absolute atomic E-state index is 11.8. The summed E-state index contributed by atoms with van der Waals surface area (Å²) in [5.74, 6) is 1.76. The number of aromatic amines is 1. The van der Waals surface area contributed by atoms with Gasteiger partial charge < -0.3 is 10.1 Å². The van der Waals surface area contributed by atoms with Gasteiger partial charge in [0, 0.05) is 21.3 Å². The highest BCUT2D eigenvalue weighted by molar-refractivity contribution is 9.10. The third kappa shape index (κ3) is 2.67. The fraction of sp³-hybridized carbons (Fsp3) is 0.286. The number of anilines is 1. The normalized spacial score (nSPS) is 17.9. The van der Waals surface area contributed by atoms with E-state index in [1.807, 2.05) is 25.1 Å². The van der Waals surface area contributed by atoms with Gasteiger partial charge in [-0.05, 0) is 25.1 Å². The molecule has 0 fully saturated rings. The van der Waals surface area contributed by atoms with Crippen molar-refractivity contribution < 1.29 is 9.53 Å². The molecule has 5 nitrogen and oxygen atoms in total.